The fraction of sp³-hybridized carbons (Fsp3) is 0.250. The molecule has 0 radical (unpaired) electrons. The zero-order valence-corrected chi connectivity index (χ0v) is 12.4. The van der Waals surface area contributed by atoms with Gasteiger partial charge in [0.15, 0.2) is 0 Å². The van der Waals surface area contributed by atoms with Crippen molar-refractivity contribution in [1.29, 1.82) is 0 Å². The van der Waals surface area contributed by atoms with Gasteiger partial charge < -0.3 is 5.32 Å². The number of hydrogen-bond donors (Lipinski definition) is 1. The molecular weight excluding hydrogens is 299 g/mol. The van der Waals surface area contributed by atoms with E-state index in [1.807, 2.05) is 6.92 Å². The lowest BCUT2D eigenvalue weighted by atomic mass is 9.96. The Kier molecular flexibility index (Phi) is 4.91. The Morgan fingerprint density at radius 1 is 1.00 bits per heavy atom. The van der Waals surface area contributed by atoms with Crippen LogP contribution < -0.4 is 5.32 Å². The minimum absolute atomic E-state index is 0.0705. The van der Waals surface area contributed by atoms with Crippen LogP contribution in [0.1, 0.15) is 29.7 Å². The van der Waals surface area contributed by atoms with E-state index in [1.54, 1.807) is 0 Å². The van der Waals surface area contributed by atoms with Gasteiger partial charge in [-0.05, 0) is 43.3 Å². The Balaban J connectivity index is 2.55. The molecule has 0 aromatic heterocycles. The number of rotatable bonds is 4. The molecule has 1 nitrogen and oxygen atoms in total. The highest BCUT2D eigenvalue weighted by molar-refractivity contribution is 6.30. The summed E-state index contributed by atoms with van der Waals surface area (Å²) in [6.07, 6.45) is 0. The molecule has 0 saturated heterocycles. The van der Waals surface area contributed by atoms with Crippen molar-refractivity contribution in [1.82, 2.24) is 5.32 Å². The second kappa shape index (κ2) is 6.50. The lowest BCUT2D eigenvalue weighted by Gasteiger charge is -2.21. The molecule has 0 aliphatic heterocycles. The lowest BCUT2D eigenvalue weighted by Crippen LogP contribution is -2.24. The van der Waals surface area contributed by atoms with E-state index in [1.165, 1.54) is 19.1 Å². The molecule has 112 valence electrons. The van der Waals surface area contributed by atoms with Gasteiger partial charge in [-0.25, -0.2) is 13.2 Å². The highest BCUT2D eigenvalue weighted by atomic mass is 35.5. The summed E-state index contributed by atoms with van der Waals surface area (Å²) in [7, 11) is 0. The topological polar surface area (TPSA) is 12.0 Å². The molecule has 0 aliphatic carbocycles. The average molecular weight is 314 g/mol. The molecule has 0 spiro atoms. The van der Waals surface area contributed by atoms with Crippen LogP contribution >= 0.6 is 11.6 Å². The van der Waals surface area contributed by atoms with Crippen LogP contribution in [0, 0.1) is 24.4 Å². The van der Waals surface area contributed by atoms with Gasteiger partial charge in [0.05, 0.1) is 6.04 Å². The van der Waals surface area contributed by atoms with Crippen LogP contribution in [-0.2, 0) is 0 Å². The van der Waals surface area contributed by atoms with Crippen LogP contribution in [0.4, 0.5) is 13.2 Å². The lowest BCUT2D eigenvalue weighted by molar-refractivity contribution is 0.521. The summed E-state index contributed by atoms with van der Waals surface area (Å²) in [4.78, 5) is 0. The van der Waals surface area contributed by atoms with Gasteiger partial charge in [-0.1, -0.05) is 24.6 Å². The van der Waals surface area contributed by atoms with Crippen molar-refractivity contribution in [3.8, 4) is 0 Å². The highest BCUT2D eigenvalue weighted by Crippen LogP contribution is 2.29. The molecule has 2 rings (SSSR count). The Hall–Kier alpha value is -1.52. The van der Waals surface area contributed by atoms with Crippen LogP contribution in [0.15, 0.2) is 30.3 Å². The molecule has 0 bridgehead atoms. The van der Waals surface area contributed by atoms with Gasteiger partial charge in [-0.2, -0.15) is 0 Å². The van der Waals surface area contributed by atoms with Crippen LogP contribution in [0.5, 0.6) is 0 Å². The van der Waals surface area contributed by atoms with Gasteiger partial charge in [-0.15, -0.1) is 0 Å². The SMILES string of the molecule is CCNC(c1ccc(Cl)cc1F)c1cc(F)c(C)cc1F. The summed E-state index contributed by atoms with van der Waals surface area (Å²) in [5.74, 6) is -1.66. The van der Waals surface area contributed by atoms with Crippen molar-refractivity contribution in [2.45, 2.75) is 19.9 Å². The van der Waals surface area contributed by atoms with Crippen LogP contribution in [0.2, 0.25) is 5.02 Å². The second-order valence-corrected chi connectivity index (χ2v) is 5.22. The Morgan fingerprint density at radius 3 is 2.29 bits per heavy atom. The van der Waals surface area contributed by atoms with E-state index < -0.39 is 23.5 Å². The first-order valence-corrected chi connectivity index (χ1v) is 6.95. The van der Waals surface area contributed by atoms with Crippen molar-refractivity contribution in [2.75, 3.05) is 6.54 Å². The van der Waals surface area contributed by atoms with Crippen molar-refractivity contribution in [3.63, 3.8) is 0 Å². The molecule has 0 amide bonds. The second-order valence-electron chi connectivity index (χ2n) is 4.78. The van der Waals surface area contributed by atoms with Crippen LogP contribution in [0.25, 0.3) is 0 Å². The predicted molar refractivity (Wildman–Crippen MR) is 78.0 cm³/mol. The maximum atomic E-state index is 14.1. The van der Waals surface area contributed by atoms with Gasteiger partial charge in [0.1, 0.15) is 17.5 Å². The molecule has 0 fully saturated rings. The largest absolute Gasteiger partial charge is 0.306 e. The average Bonchev–Trinajstić information content (AvgIpc) is 2.41. The first kappa shape index (κ1) is 15.9. The van der Waals surface area contributed by atoms with E-state index in [0.717, 1.165) is 18.2 Å². The number of hydrogen-bond acceptors (Lipinski definition) is 1. The Labute approximate surface area is 126 Å². The molecule has 1 unspecified atom stereocenters. The van der Waals surface area contributed by atoms with E-state index in [9.17, 15) is 13.2 Å². The van der Waals surface area contributed by atoms with E-state index in [2.05, 4.69) is 5.32 Å². The molecule has 0 heterocycles. The summed E-state index contributed by atoms with van der Waals surface area (Å²) in [5, 5.41) is 3.23. The Bertz CT molecular complexity index is 658. The van der Waals surface area contributed by atoms with Gasteiger partial charge >= 0.3 is 0 Å². The van der Waals surface area contributed by atoms with E-state index in [4.69, 9.17) is 11.6 Å². The summed E-state index contributed by atoms with van der Waals surface area (Å²) < 4.78 is 42.0. The zero-order valence-electron chi connectivity index (χ0n) is 11.7. The standard InChI is InChI=1S/C16H15ClF3N/c1-3-21-16(11-5-4-10(17)7-15(11)20)12-8-13(18)9(2)6-14(12)19/h4-8,16,21H,3H2,1-2H3. The number of nitrogens with one attached hydrogen (secondary N) is 1. The van der Waals surface area contributed by atoms with E-state index in [-0.39, 0.29) is 21.7 Å². The smallest absolute Gasteiger partial charge is 0.129 e. The quantitative estimate of drug-likeness (QED) is 0.857. The van der Waals surface area contributed by atoms with E-state index >= 15 is 0 Å². The maximum Gasteiger partial charge on any atom is 0.129 e. The predicted octanol–water partition coefficient (Wildman–Crippen LogP) is 4.76. The van der Waals surface area contributed by atoms with Crippen molar-refractivity contribution < 1.29 is 13.2 Å². The summed E-state index contributed by atoms with van der Waals surface area (Å²) >= 11 is 5.73. The van der Waals surface area contributed by atoms with Crippen molar-refractivity contribution in [3.05, 3.63) is 69.5 Å². The van der Waals surface area contributed by atoms with Crippen molar-refractivity contribution >= 4 is 11.6 Å². The molecule has 0 aliphatic rings. The van der Waals surface area contributed by atoms with Gasteiger partial charge in [0, 0.05) is 16.1 Å². The van der Waals surface area contributed by atoms with Crippen LogP contribution in [-0.4, -0.2) is 6.54 Å². The third kappa shape index (κ3) is 3.39. The third-order valence-corrected chi connectivity index (χ3v) is 3.51. The molecule has 0 saturated carbocycles. The van der Waals surface area contributed by atoms with Gasteiger partial charge in [0.2, 0.25) is 0 Å². The summed E-state index contributed by atoms with van der Waals surface area (Å²) in [5.41, 5.74) is 0.507. The van der Waals surface area contributed by atoms with Gasteiger partial charge in [0.25, 0.3) is 0 Å². The molecule has 2 aromatic carbocycles. The zero-order chi connectivity index (χ0) is 15.6. The molecule has 21 heavy (non-hydrogen) atoms. The monoisotopic (exact) mass is 313 g/mol. The summed E-state index contributed by atoms with van der Waals surface area (Å²) in [6, 6.07) is 5.59. The van der Waals surface area contributed by atoms with E-state index in [0.29, 0.717) is 6.54 Å². The van der Waals surface area contributed by atoms with Crippen LogP contribution in [0.3, 0.4) is 0 Å². The third-order valence-electron chi connectivity index (χ3n) is 3.27. The van der Waals surface area contributed by atoms with Crippen molar-refractivity contribution in [2.24, 2.45) is 0 Å². The fourth-order valence-electron chi connectivity index (χ4n) is 2.21. The summed E-state index contributed by atoms with van der Waals surface area (Å²) in [6.45, 7) is 3.76. The minimum atomic E-state index is -0.776. The fourth-order valence-corrected chi connectivity index (χ4v) is 2.37. The number of benzene rings is 2. The molecule has 1 atom stereocenters. The maximum absolute atomic E-state index is 14.1. The molecule has 1 N–H and O–H groups in total. The first-order valence-electron chi connectivity index (χ1n) is 6.58. The Morgan fingerprint density at radius 2 is 1.67 bits per heavy atom. The molecular formula is C16H15ClF3N. The first-order chi connectivity index (χ1) is 9.93. The van der Waals surface area contributed by atoms with Gasteiger partial charge in [-0.3, -0.25) is 0 Å². The number of aryl methyl sites for hydroxylation is 1. The number of halogens is 4. The normalized spacial score (nSPS) is 12.5. The minimum Gasteiger partial charge on any atom is -0.306 e. The molecule has 5 heteroatoms. The molecule has 2 aromatic rings. The highest BCUT2D eigenvalue weighted by Gasteiger charge is 2.22.